The van der Waals surface area contributed by atoms with Crippen molar-refractivity contribution in [2.24, 2.45) is 13.0 Å². The Bertz CT molecular complexity index is 918. The number of hydrogen-bond donors (Lipinski definition) is 2. The number of nitrogen functional groups attached to an aromatic ring is 1. The molecule has 1 atom stereocenters. The molecule has 2 heterocycles. The first-order valence-electron chi connectivity index (χ1n) is 8.43. The molecule has 0 unspecified atom stereocenters. The first kappa shape index (κ1) is 17.6. The standard InChI is InChI=1S/C19H22N6O/c1-12(2)16(18-22-11-23-25(18)3)24-19(26)14-7-4-6-13(10-14)17-15(20)8-5-9-21-17/h4-12,16H,20H2,1-3H3,(H,24,26)/t16-/m1/s1. The molecule has 26 heavy (non-hydrogen) atoms. The Morgan fingerprint density at radius 1 is 1.19 bits per heavy atom. The largest absolute Gasteiger partial charge is 0.397 e. The zero-order chi connectivity index (χ0) is 18.7. The first-order valence-corrected chi connectivity index (χ1v) is 8.43. The van der Waals surface area contributed by atoms with Crippen molar-refractivity contribution in [2.45, 2.75) is 19.9 Å². The van der Waals surface area contributed by atoms with Crippen LogP contribution in [0, 0.1) is 5.92 Å². The molecule has 2 aromatic heterocycles. The number of anilines is 1. The molecule has 134 valence electrons. The predicted molar refractivity (Wildman–Crippen MR) is 100 cm³/mol. The van der Waals surface area contributed by atoms with Crippen molar-refractivity contribution in [3.05, 3.63) is 60.3 Å². The lowest BCUT2D eigenvalue weighted by atomic mass is 10.0. The summed E-state index contributed by atoms with van der Waals surface area (Å²) in [4.78, 5) is 21.4. The van der Waals surface area contributed by atoms with E-state index in [1.165, 1.54) is 6.33 Å². The summed E-state index contributed by atoms with van der Waals surface area (Å²) >= 11 is 0. The molecule has 7 nitrogen and oxygen atoms in total. The summed E-state index contributed by atoms with van der Waals surface area (Å²) in [5, 5.41) is 7.15. The van der Waals surface area contributed by atoms with Gasteiger partial charge in [-0.3, -0.25) is 14.5 Å². The number of carbonyl (C=O) groups excluding carboxylic acids is 1. The Labute approximate surface area is 152 Å². The van der Waals surface area contributed by atoms with E-state index < -0.39 is 0 Å². The third-order valence-electron chi connectivity index (χ3n) is 4.21. The van der Waals surface area contributed by atoms with E-state index in [-0.39, 0.29) is 17.9 Å². The highest BCUT2D eigenvalue weighted by Gasteiger charge is 2.23. The second-order valence-electron chi connectivity index (χ2n) is 6.46. The SMILES string of the molecule is CC(C)[C@@H](NC(=O)c1cccc(-c2ncccc2N)c1)c1ncnn1C. The Balaban J connectivity index is 1.87. The van der Waals surface area contributed by atoms with Gasteiger partial charge in [0.1, 0.15) is 12.2 Å². The van der Waals surface area contributed by atoms with Crippen molar-refractivity contribution >= 4 is 11.6 Å². The molecule has 3 N–H and O–H groups in total. The number of nitrogens with two attached hydrogens (primary N) is 1. The monoisotopic (exact) mass is 350 g/mol. The highest BCUT2D eigenvalue weighted by Crippen LogP contribution is 2.24. The lowest BCUT2D eigenvalue weighted by molar-refractivity contribution is 0.0922. The van der Waals surface area contributed by atoms with Crippen LogP contribution in [-0.4, -0.2) is 25.7 Å². The van der Waals surface area contributed by atoms with Crippen molar-refractivity contribution in [3.63, 3.8) is 0 Å². The lowest BCUT2D eigenvalue weighted by Gasteiger charge is -2.21. The number of amides is 1. The van der Waals surface area contributed by atoms with Crippen LogP contribution in [0.1, 0.15) is 36.1 Å². The molecule has 1 aromatic carbocycles. The number of hydrogen-bond acceptors (Lipinski definition) is 5. The molecule has 0 aliphatic carbocycles. The number of nitrogens with zero attached hydrogens (tertiary/aromatic N) is 4. The first-order chi connectivity index (χ1) is 12.5. The summed E-state index contributed by atoms with van der Waals surface area (Å²) in [6, 6.07) is 10.6. The second-order valence-corrected chi connectivity index (χ2v) is 6.46. The summed E-state index contributed by atoms with van der Waals surface area (Å²) in [6.45, 7) is 4.06. The van der Waals surface area contributed by atoms with E-state index in [0.717, 1.165) is 11.4 Å². The van der Waals surface area contributed by atoms with Crippen LogP contribution in [0.2, 0.25) is 0 Å². The zero-order valence-corrected chi connectivity index (χ0v) is 15.0. The molecule has 7 heteroatoms. The molecular formula is C19H22N6O. The number of aromatic nitrogens is 4. The third-order valence-corrected chi connectivity index (χ3v) is 4.21. The van der Waals surface area contributed by atoms with Gasteiger partial charge in [-0.15, -0.1) is 0 Å². The van der Waals surface area contributed by atoms with Gasteiger partial charge in [0, 0.05) is 24.4 Å². The Morgan fingerprint density at radius 3 is 2.65 bits per heavy atom. The van der Waals surface area contributed by atoms with Crippen LogP contribution < -0.4 is 11.1 Å². The van der Waals surface area contributed by atoms with Gasteiger partial charge in [-0.05, 0) is 30.2 Å². The van der Waals surface area contributed by atoms with Crippen molar-refractivity contribution in [1.82, 2.24) is 25.1 Å². The van der Waals surface area contributed by atoms with Crippen LogP contribution in [0.3, 0.4) is 0 Å². The lowest BCUT2D eigenvalue weighted by Crippen LogP contribution is -2.33. The Morgan fingerprint density at radius 2 is 2.00 bits per heavy atom. The Kier molecular flexibility index (Phi) is 4.97. The number of carbonyl (C=O) groups is 1. The predicted octanol–water partition coefficient (Wildman–Crippen LogP) is 2.59. The second kappa shape index (κ2) is 7.35. The van der Waals surface area contributed by atoms with Crippen molar-refractivity contribution in [1.29, 1.82) is 0 Å². The Hall–Kier alpha value is -3.22. The minimum absolute atomic E-state index is 0.163. The smallest absolute Gasteiger partial charge is 0.251 e. The van der Waals surface area contributed by atoms with Crippen LogP contribution in [0.5, 0.6) is 0 Å². The average Bonchev–Trinajstić information content (AvgIpc) is 3.05. The van der Waals surface area contributed by atoms with Gasteiger partial charge < -0.3 is 11.1 Å². The fourth-order valence-electron chi connectivity index (χ4n) is 2.81. The molecule has 0 radical (unpaired) electrons. The van der Waals surface area contributed by atoms with Gasteiger partial charge in [-0.2, -0.15) is 5.10 Å². The van der Waals surface area contributed by atoms with Crippen LogP contribution in [0.4, 0.5) is 5.69 Å². The van der Waals surface area contributed by atoms with Crippen LogP contribution in [0.15, 0.2) is 48.9 Å². The topological polar surface area (TPSA) is 98.7 Å². The van der Waals surface area contributed by atoms with Gasteiger partial charge in [-0.1, -0.05) is 26.0 Å². The number of rotatable bonds is 5. The van der Waals surface area contributed by atoms with Gasteiger partial charge >= 0.3 is 0 Å². The summed E-state index contributed by atoms with van der Waals surface area (Å²) in [6.07, 6.45) is 3.17. The molecule has 0 saturated heterocycles. The summed E-state index contributed by atoms with van der Waals surface area (Å²) in [5.74, 6) is 0.706. The fourth-order valence-corrected chi connectivity index (χ4v) is 2.81. The number of pyridine rings is 1. The number of nitrogens with one attached hydrogen (secondary N) is 1. The highest BCUT2D eigenvalue weighted by molar-refractivity contribution is 5.96. The normalized spacial score (nSPS) is 12.2. The van der Waals surface area contributed by atoms with Gasteiger partial charge in [0.05, 0.1) is 17.4 Å². The van der Waals surface area contributed by atoms with Crippen LogP contribution in [0.25, 0.3) is 11.3 Å². The van der Waals surface area contributed by atoms with Gasteiger partial charge in [-0.25, -0.2) is 4.98 Å². The quantitative estimate of drug-likeness (QED) is 0.737. The van der Waals surface area contributed by atoms with E-state index in [1.54, 1.807) is 35.1 Å². The average molecular weight is 350 g/mol. The fraction of sp³-hybridized carbons (Fsp3) is 0.263. The molecule has 0 bridgehead atoms. The molecule has 3 aromatic rings. The summed E-state index contributed by atoms with van der Waals surface area (Å²) in [5.41, 5.74) is 8.58. The van der Waals surface area contributed by atoms with Crippen molar-refractivity contribution in [2.75, 3.05) is 5.73 Å². The van der Waals surface area contributed by atoms with Crippen LogP contribution in [-0.2, 0) is 7.05 Å². The third kappa shape index (κ3) is 3.56. The van der Waals surface area contributed by atoms with Crippen molar-refractivity contribution in [3.8, 4) is 11.3 Å². The molecule has 0 fully saturated rings. The van der Waals surface area contributed by atoms with Gasteiger partial charge in [0.15, 0.2) is 0 Å². The molecule has 0 aliphatic rings. The minimum Gasteiger partial charge on any atom is -0.397 e. The summed E-state index contributed by atoms with van der Waals surface area (Å²) in [7, 11) is 1.81. The van der Waals surface area contributed by atoms with Gasteiger partial charge in [0.2, 0.25) is 0 Å². The number of benzene rings is 1. The van der Waals surface area contributed by atoms with Crippen molar-refractivity contribution < 1.29 is 4.79 Å². The number of aryl methyl sites for hydroxylation is 1. The maximum absolute atomic E-state index is 12.8. The van der Waals surface area contributed by atoms with Crippen LogP contribution >= 0.6 is 0 Å². The molecule has 0 aliphatic heterocycles. The molecule has 0 saturated carbocycles. The molecule has 1 amide bonds. The zero-order valence-electron chi connectivity index (χ0n) is 15.0. The van der Waals surface area contributed by atoms with Gasteiger partial charge in [0.25, 0.3) is 5.91 Å². The van der Waals surface area contributed by atoms with E-state index in [9.17, 15) is 4.79 Å². The van der Waals surface area contributed by atoms with E-state index in [2.05, 4.69) is 20.4 Å². The van der Waals surface area contributed by atoms with E-state index in [4.69, 9.17) is 5.73 Å². The molecule has 3 rings (SSSR count). The van der Waals surface area contributed by atoms with E-state index >= 15 is 0 Å². The minimum atomic E-state index is -0.237. The van der Waals surface area contributed by atoms with E-state index in [0.29, 0.717) is 16.9 Å². The maximum atomic E-state index is 12.8. The maximum Gasteiger partial charge on any atom is 0.251 e. The highest BCUT2D eigenvalue weighted by atomic mass is 16.1. The van der Waals surface area contributed by atoms with E-state index in [1.807, 2.05) is 33.0 Å². The summed E-state index contributed by atoms with van der Waals surface area (Å²) < 4.78 is 1.68. The molecular weight excluding hydrogens is 328 g/mol. The molecule has 0 spiro atoms.